The van der Waals surface area contributed by atoms with Gasteiger partial charge in [0.15, 0.2) is 0 Å². The third-order valence-electron chi connectivity index (χ3n) is 2.57. The van der Waals surface area contributed by atoms with Crippen LogP contribution < -0.4 is 5.32 Å². The van der Waals surface area contributed by atoms with E-state index in [9.17, 15) is 0 Å². The summed E-state index contributed by atoms with van der Waals surface area (Å²) in [4.78, 5) is 0. The zero-order valence-electron chi connectivity index (χ0n) is 6.74. The molecule has 0 saturated carbocycles. The SMILES string of the molecule is CC1(C)CC2(CNC2)CO1. The fourth-order valence-electron chi connectivity index (χ4n) is 2.06. The lowest BCUT2D eigenvalue weighted by molar-refractivity contribution is 0.0272. The van der Waals surface area contributed by atoms with Crippen LogP contribution in [0.25, 0.3) is 0 Å². The smallest absolute Gasteiger partial charge is 0.0633 e. The Morgan fingerprint density at radius 2 is 2.00 bits per heavy atom. The average molecular weight is 141 g/mol. The lowest BCUT2D eigenvalue weighted by Crippen LogP contribution is -2.54. The van der Waals surface area contributed by atoms with Gasteiger partial charge in [0, 0.05) is 18.5 Å². The Hall–Kier alpha value is -0.0800. The molecule has 10 heavy (non-hydrogen) atoms. The molecule has 1 N–H and O–H groups in total. The molecule has 1 spiro atoms. The fourth-order valence-corrected chi connectivity index (χ4v) is 2.06. The molecule has 2 nitrogen and oxygen atoms in total. The third kappa shape index (κ3) is 0.867. The summed E-state index contributed by atoms with van der Waals surface area (Å²) in [7, 11) is 0. The minimum atomic E-state index is 0.141. The van der Waals surface area contributed by atoms with Gasteiger partial charge in [0.2, 0.25) is 0 Å². The molecule has 0 amide bonds. The molecule has 58 valence electrons. The summed E-state index contributed by atoms with van der Waals surface area (Å²) in [5, 5.41) is 3.30. The predicted octanol–water partition coefficient (Wildman–Crippen LogP) is 0.775. The lowest BCUT2D eigenvalue weighted by atomic mass is 9.77. The summed E-state index contributed by atoms with van der Waals surface area (Å²) in [6.45, 7) is 7.65. The van der Waals surface area contributed by atoms with Crippen molar-refractivity contribution in [3.8, 4) is 0 Å². The predicted molar refractivity (Wildman–Crippen MR) is 40.0 cm³/mol. The zero-order valence-corrected chi connectivity index (χ0v) is 6.74. The molecule has 2 aliphatic heterocycles. The van der Waals surface area contributed by atoms with Crippen LogP contribution in [-0.2, 0) is 4.74 Å². The van der Waals surface area contributed by atoms with Crippen molar-refractivity contribution in [1.82, 2.24) is 5.32 Å². The van der Waals surface area contributed by atoms with Gasteiger partial charge in [-0.2, -0.15) is 0 Å². The van der Waals surface area contributed by atoms with Crippen molar-refractivity contribution in [2.24, 2.45) is 5.41 Å². The van der Waals surface area contributed by atoms with E-state index in [1.165, 1.54) is 6.42 Å². The zero-order chi connectivity index (χ0) is 7.24. The van der Waals surface area contributed by atoms with Crippen LogP contribution in [-0.4, -0.2) is 25.3 Å². The molecule has 0 aromatic carbocycles. The van der Waals surface area contributed by atoms with Crippen molar-refractivity contribution < 1.29 is 4.74 Å². The first-order chi connectivity index (χ1) is 4.62. The molecular formula is C8H15NO. The lowest BCUT2D eigenvalue weighted by Gasteiger charge is -2.38. The minimum Gasteiger partial charge on any atom is -0.375 e. The molecule has 0 atom stereocenters. The molecule has 0 aromatic heterocycles. The molecule has 2 saturated heterocycles. The van der Waals surface area contributed by atoms with Crippen LogP contribution in [0.4, 0.5) is 0 Å². The Labute approximate surface area is 61.9 Å². The summed E-state index contributed by atoms with van der Waals surface area (Å²) < 4.78 is 5.66. The van der Waals surface area contributed by atoms with E-state index in [0.717, 1.165) is 19.7 Å². The molecule has 0 unspecified atom stereocenters. The van der Waals surface area contributed by atoms with Crippen LogP contribution >= 0.6 is 0 Å². The van der Waals surface area contributed by atoms with Crippen LogP contribution in [0.1, 0.15) is 20.3 Å². The Bertz CT molecular complexity index is 149. The molecule has 2 heterocycles. The molecule has 0 bridgehead atoms. The number of nitrogens with one attached hydrogen (secondary N) is 1. The fraction of sp³-hybridized carbons (Fsp3) is 1.00. The second kappa shape index (κ2) is 1.74. The Morgan fingerprint density at radius 1 is 1.30 bits per heavy atom. The highest BCUT2D eigenvalue weighted by Gasteiger charge is 2.47. The number of ether oxygens (including phenoxy) is 1. The number of hydrogen-bond acceptors (Lipinski definition) is 2. The monoisotopic (exact) mass is 141 g/mol. The Morgan fingerprint density at radius 3 is 2.20 bits per heavy atom. The van der Waals surface area contributed by atoms with E-state index >= 15 is 0 Å². The van der Waals surface area contributed by atoms with Crippen molar-refractivity contribution in [2.45, 2.75) is 25.9 Å². The summed E-state index contributed by atoms with van der Waals surface area (Å²) in [5.41, 5.74) is 0.658. The van der Waals surface area contributed by atoms with Gasteiger partial charge in [-0.15, -0.1) is 0 Å². The van der Waals surface area contributed by atoms with Crippen LogP contribution in [0.2, 0.25) is 0 Å². The molecular weight excluding hydrogens is 126 g/mol. The summed E-state index contributed by atoms with van der Waals surface area (Å²) in [6, 6.07) is 0. The molecule has 2 aliphatic rings. The van der Waals surface area contributed by atoms with Crippen molar-refractivity contribution in [3.63, 3.8) is 0 Å². The van der Waals surface area contributed by atoms with Crippen molar-refractivity contribution >= 4 is 0 Å². The standard InChI is InChI=1S/C8H15NO/c1-7(2)3-8(6-10-7)4-9-5-8/h9H,3-6H2,1-2H3. The molecule has 0 aliphatic carbocycles. The van der Waals surface area contributed by atoms with E-state index < -0.39 is 0 Å². The van der Waals surface area contributed by atoms with E-state index in [-0.39, 0.29) is 5.60 Å². The maximum absolute atomic E-state index is 5.66. The largest absolute Gasteiger partial charge is 0.375 e. The van der Waals surface area contributed by atoms with E-state index in [1.54, 1.807) is 0 Å². The first kappa shape index (κ1) is 6.62. The molecule has 0 radical (unpaired) electrons. The van der Waals surface area contributed by atoms with E-state index in [0.29, 0.717) is 5.41 Å². The average Bonchev–Trinajstić information content (AvgIpc) is 2.04. The maximum Gasteiger partial charge on any atom is 0.0633 e. The third-order valence-corrected chi connectivity index (χ3v) is 2.57. The summed E-state index contributed by atoms with van der Waals surface area (Å²) in [6.07, 6.45) is 1.23. The highest BCUT2D eigenvalue weighted by atomic mass is 16.5. The van der Waals surface area contributed by atoms with Gasteiger partial charge < -0.3 is 10.1 Å². The number of rotatable bonds is 0. The van der Waals surface area contributed by atoms with E-state index in [4.69, 9.17) is 4.74 Å². The van der Waals surface area contributed by atoms with E-state index in [1.807, 2.05) is 0 Å². The van der Waals surface area contributed by atoms with Gasteiger partial charge in [0.05, 0.1) is 12.2 Å². The second-order valence-electron chi connectivity index (χ2n) is 4.33. The van der Waals surface area contributed by atoms with Crippen LogP contribution in [0.15, 0.2) is 0 Å². The quantitative estimate of drug-likeness (QED) is 0.538. The van der Waals surface area contributed by atoms with Crippen molar-refractivity contribution in [3.05, 3.63) is 0 Å². The van der Waals surface area contributed by atoms with Gasteiger partial charge in [0.25, 0.3) is 0 Å². The van der Waals surface area contributed by atoms with Crippen LogP contribution in [0, 0.1) is 5.41 Å². The van der Waals surface area contributed by atoms with Gasteiger partial charge in [-0.05, 0) is 20.3 Å². The van der Waals surface area contributed by atoms with Gasteiger partial charge in [-0.25, -0.2) is 0 Å². The number of hydrogen-bond donors (Lipinski definition) is 1. The second-order valence-corrected chi connectivity index (χ2v) is 4.33. The van der Waals surface area contributed by atoms with Gasteiger partial charge in [-0.3, -0.25) is 0 Å². The first-order valence-corrected chi connectivity index (χ1v) is 3.97. The highest BCUT2D eigenvalue weighted by molar-refractivity contribution is 5.00. The first-order valence-electron chi connectivity index (χ1n) is 3.97. The van der Waals surface area contributed by atoms with E-state index in [2.05, 4.69) is 19.2 Å². The summed E-state index contributed by atoms with van der Waals surface area (Å²) in [5.74, 6) is 0. The molecule has 2 heteroatoms. The van der Waals surface area contributed by atoms with Gasteiger partial charge in [-0.1, -0.05) is 0 Å². The van der Waals surface area contributed by atoms with Gasteiger partial charge in [0.1, 0.15) is 0 Å². The Balaban J connectivity index is 2.05. The van der Waals surface area contributed by atoms with Crippen molar-refractivity contribution in [2.75, 3.05) is 19.7 Å². The Kier molecular flexibility index (Phi) is 1.15. The molecule has 2 rings (SSSR count). The highest BCUT2D eigenvalue weighted by Crippen LogP contribution is 2.41. The topological polar surface area (TPSA) is 21.3 Å². The summed E-state index contributed by atoms with van der Waals surface area (Å²) >= 11 is 0. The molecule has 0 aromatic rings. The molecule has 2 fully saturated rings. The minimum absolute atomic E-state index is 0.141. The maximum atomic E-state index is 5.66. The van der Waals surface area contributed by atoms with Crippen LogP contribution in [0.3, 0.4) is 0 Å². The van der Waals surface area contributed by atoms with Gasteiger partial charge >= 0.3 is 0 Å². The van der Waals surface area contributed by atoms with Crippen molar-refractivity contribution in [1.29, 1.82) is 0 Å². The van der Waals surface area contributed by atoms with Crippen LogP contribution in [0.5, 0.6) is 0 Å². The normalized spacial score (nSPS) is 34.2.